The minimum atomic E-state index is -5.08. The van der Waals surface area contributed by atoms with Gasteiger partial charge in [-0.15, -0.1) is 0 Å². The molecule has 33 heavy (non-hydrogen) atoms. The Labute approximate surface area is 188 Å². The summed E-state index contributed by atoms with van der Waals surface area (Å²) in [5.74, 6) is -2.98. The number of carboxylic acids is 1. The van der Waals surface area contributed by atoms with Gasteiger partial charge in [0.1, 0.15) is 12.0 Å². The molecule has 2 heterocycles. The van der Waals surface area contributed by atoms with E-state index in [0.717, 1.165) is 17.8 Å². The fourth-order valence-corrected chi connectivity index (χ4v) is 4.34. The number of carbonyl (C=O) groups is 2. The zero-order valence-corrected chi connectivity index (χ0v) is 18.4. The van der Waals surface area contributed by atoms with Crippen LogP contribution in [-0.2, 0) is 31.9 Å². The number of hydrogen-bond acceptors (Lipinski definition) is 7. The fraction of sp³-hybridized carbons (Fsp3) is 0.421. The Bertz CT molecular complexity index is 1020. The van der Waals surface area contributed by atoms with Crippen LogP contribution in [0.4, 0.5) is 18.9 Å². The molecular weight excluding hydrogens is 469 g/mol. The zero-order valence-electron chi connectivity index (χ0n) is 17.6. The van der Waals surface area contributed by atoms with E-state index in [1.807, 2.05) is 24.3 Å². The number of hydrogen-bond donors (Lipinski definition) is 2. The van der Waals surface area contributed by atoms with Crippen molar-refractivity contribution < 1.29 is 40.8 Å². The molecule has 1 aromatic heterocycles. The molecule has 0 atom stereocenters. The maximum Gasteiger partial charge on any atom is 0.490 e. The minimum absolute atomic E-state index is 0.0966. The number of piperazine rings is 1. The summed E-state index contributed by atoms with van der Waals surface area (Å²) in [6, 6.07) is 9.25. The van der Waals surface area contributed by atoms with E-state index in [-0.39, 0.29) is 11.7 Å². The summed E-state index contributed by atoms with van der Waals surface area (Å²) >= 11 is 0. The number of aromatic nitrogens is 1. The molecule has 1 amide bonds. The Morgan fingerprint density at radius 1 is 1.12 bits per heavy atom. The molecule has 0 aliphatic carbocycles. The van der Waals surface area contributed by atoms with Crippen LogP contribution in [0.3, 0.4) is 0 Å². The number of halogens is 3. The first kappa shape index (κ1) is 26.3. The molecule has 0 spiro atoms. The van der Waals surface area contributed by atoms with Crippen molar-refractivity contribution in [3.63, 3.8) is 0 Å². The highest BCUT2D eigenvalue weighted by molar-refractivity contribution is 7.88. The van der Waals surface area contributed by atoms with Crippen molar-refractivity contribution in [2.75, 3.05) is 31.5 Å². The van der Waals surface area contributed by atoms with Gasteiger partial charge >= 0.3 is 12.1 Å². The fourth-order valence-electron chi connectivity index (χ4n) is 2.91. The molecular formula is C19H23F3N4O6S. The first-order valence-electron chi connectivity index (χ1n) is 9.63. The van der Waals surface area contributed by atoms with Crippen LogP contribution in [0.1, 0.15) is 18.2 Å². The summed E-state index contributed by atoms with van der Waals surface area (Å²) < 4.78 is 62.8. The molecule has 1 aromatic carbocycles. The van der Waals surface area contributed by atoms with E-state index in [0.29, 0.717) is 31.9 Å². The molecule has 0 radical (unpaired) electrons. The summed E-state index contributed by atoms with van der Waals surface area (Å²) in [6.07, 6.45) is -3.71. The number of aliphatic carboxylic acids is 1. The standard InChI is InChI=1S/C17H22N4O4S.C2HF3O2/c1-14(22)18-16-4-2-15(3-5-16)12-20-7-9-21(10-8-20)26(23,24)13-17-6-11-25-19-17;3-2(4,5)1(6)7/h2-6,11H,7-10,12-13H2,1H3,(H,18,22);(H,6,7). The second-order valence-electron chi connectivity index (χ2n) is 7.10. The van der Waals surface area contributed by atoms with Crippen LogP contribution in [0.15, 0.2) is 41.1 Å². The van der Waals surface area contributed by atoms with Crippen molar-refractivity contribution in [3.05, 3.63) is 47.9 Å². The Hall–Kier alpha value is -2.97. The third-order valence-corrected chi connectivity index (χ3v) is 6.28. The van der Waals surface area contributed by atoms with E-state index in [1.54, 1.807) is 6.07 Å². The topological polar surface area (TPSA) is 133 Å². The van der Waals surface area contributed by atoms with Crippen molar-refractivity contribution in [3.8, 4) is 0 Å². The van der Waals surface area contributed by atoms with Gasteiger partial charge in [0, 0.05) is 51.4 Å². The molecule has 1 fully saturated rings. The number of alkyl halides is 3. The largest absolute Gasteiger partial charge is 0.490 e. The van der Waals surface area contributed by atoms with Crippen LogP contribution in [-0.4, -0.2) is 72.1 Å². The minimum Gasteiger partial charge on any atom is -0.475 e. The number of amides is 1. The van der Waals surface area contributed by atoms with Gasteiger partial charge < -0.3 is 14.9 Å². The number of nitrogens with zero attached hydrogens (tertiary/aromatic N) is 3. The highest BCUT2D eigenvalue weighted by atomic mass is 32.2. The number of carbonyl (C=O) groups excluding carboxylic acids is 1. The van der Waals surface area contributed by atoms with Crippen LogP contribution >= 0.6 is 0 Å². The normalized spacial score (nSPS) is 15.4. The second-order valence-corrected chi connectivity index (χ2v) is 9.07. The average Bonchev–Trinajstić information content (AvgIpc) is 3.21. The molecule has 0 unspecified atom stereocenters. The highest BCUT2D eigenvalue weighted by Crippen LogP contribution is 2.16. The van der Waals surface area contributed by atoms with Crippen molar-refractivity contribution >= 4 is 27.6 Å². The van der Waals surface area contributed by atoms with Crippen LogP contribution in [0.5, 0.6) is 0 Å². The lowest BCUT2D eigenvalue weighted by Crippen LogP contribution is -2.48. The smallest absolute Gasteiger partial charge is 0.475 e. The number of anilines is 1. The van der Waals surface area contributed by atoms with Gasteiger partial charge in [-0.3, -0.25) is 9.69 Å². The summed E-state index contributed by atoms with van der Waals surface area (Å²) in [5, 5.41) is 13.5. The lowest BCUT2D eigenvalue weighted by molar-refractivity contribution is -0.192. The van der Waals surface area contributed by atoms with Crippen molar-refractivity contribution in [2.45, 2.75) is 25.4 Å². The van der Waals surface area contributed by atoms with Crippen molar-refractivity contribution in [1.29, 1.82) is 0 Å². The Kier molecular flexibility index (Phi) is 8.96. The Balaban J connectivity index is 0.000000479. The molecule has 1 aliphatic rings. The average molecular weight is 492 g/mol. The third-order valence-electron chi connectivity index (χ3n) is 4.47. The summed E-state index contributed by atoms with van der Waals surface area (Å²) in [4.78, 5) is 22.2. The van der Waals surface area contributed by atoms with Crippen LogP contribution < -0.4 is 5.32 Å². The Morgan fingerprint density at radius 3 is 2.15 bits per heavy atom. The molecule has 10 nitrogen and oxygen atoms in total. The van der Waals surface area contributed by atoms with E-state index in [4.69, 9.17) is 14.4 Å². The SMILES string of the molecule is CC(=O)Nc1ccc(CN2CCN(S(=O)(=O)Cc3ccon3)CC2)cc1.O=C(O)C(F)(F)F. The first-order chi connectivity index (χ1) is 15.4. The number of sulfonamides is 1. The lowest BCUT2D eigenvalue weighted by Gasteiger charge is -2.33. The van der Waals surface area contributed by atoms with Crippen LogP contribution in [0.25, 0.3) is 0 Å². The van der Waals surface area contributed by atoms with Crippen molar-refractivity contribution in [1.82, 2.24) is 14.4 Å². The molecule has 182 valence electrons. The van der Waals surface area contributed by atoms with E-state index < -0.39 is 22.2 Å². The molecule has 3 rings (SSSR count). The Morgan fingerprint density at radius 2 is 1.70 bits per heavy atom. The number of carboxylic acid groups (broad SMARTS) is 1. The molecule has 0 bridgehead atoms. The predicted molar refractivity (Wildman–Crippen MR) is 110 cm³/mol. The summed E-state index contributed by atoms with van der Waals surface area (Å²) in [5.41, 5.74) is 2.31. The maximum absolute atomic E-state index is 12.4. The molecule has 14 heteroatoms. The quantitative estimate of drug-likeness (QED) is 0.625. The monoisotopic (exact) mass is 492 g/mol. The molecule has 2 aromatic rings. The molecule has 2 N–H and O–H groups in total. The second kappa shape index (κ2) is 11.2. The van der Waals surface area contributed by atoms with Gasteiger partial charge in [0.25, 0.3) is 0 Å². The summed E-state index contributed by atoms with van der Waals surface area (Å²) in [6.45, 7) is 4.49. The third kappa shape index (κ3) is 8.82. The van der Waals surface area contributed by atoms with E-state index >= 15 is 0 Å². The molecule has 1 aliphatic heterocycles. The zero-order chi connectivity index (χ0) is 24.6. The lowest BCUT2D eigenvalue weighted by atomic mass is 10.2. The van der Waals surface area contributed by atoms with Gasteiger partial charge in [0.15, 0.2) is 0 Å². The number of benzene rings is 1. The van der Waals surface area contributed by atoms with Gasteiger partial charge in [-0.2, -0.15) is 17.5 Å². The van der Waals surface area contributed by atoms with E-state index in [2.05, 4.69) is 15.4 Å². The van der Waals surface area contributed by atoms with Gasteiger partial charge in [0.2, 0.25) is 15.9 Å². The van der Waals surface area contributed by atoms with E-state index in [1.165, 1.54) is 17.5 Å². The van der Waals surface area contributed by atoms with Gasteiger partial charge in [-0.05, 0) is 17.7 Å². The number of nitrogens with one attached hydrogen (secondary N) is 1. The summed E-state index contributed by atoms with van der Waals surface area (Å²) in [7, 11) is -3.38. The predicted octanol–water partition coefficient (Wildman–Crippen LogP) is 1.91. The number of rotatable bonds is 6. The molecule has 0 saturated carbocycles. The van der Waals surface area contributed by atoms with E-state index in [9.17, 15) is 26.4 Å². The maximum atomic E-state index is 12.4. The van der Waals surface area contributed by atoms with Gasteiger partial charge in [-0.1, -0.05) is 17.3 Å². The van der Waals surface area contributed by atoms with Crippen LogP contribution in [0.2, 0.25) is 0 Å². The molecule has 1 saturated heterocycles. The van der Waals surface area contributed by atoms with Gasteiger partial charge in [0.05, 0.1) is 5.69 Å². The highest BCUT2D eigenvalue weighted by Gasteiger charge is 2.38. The van der Waals surface area contributed by atoms with Crippen LogP contribution in [0, 0.1) is 0 Å². The van der Waals surface area contributed by atoms with Gasteiger partial charge in [-0.25, -0.2) is 13.2 Å². The van der Waals surface area contributed by atoms with Crippen molar-refractivity contribution in [2.24, 2.45) is 0 Å². The first-order valence-corrected chi connectivity index (χ1v) is 11.2.